The van der Waals surface area contributed by atoms with E-state index in [0.29, 0.717) is 35.7 Å². The van der Waals surface area contributed by atoms with Gasteiger partial charge in [0.1, 0.15) is 6.26 Å². The number of benzene rings is 1. The third kappa shape index (κ3) is 4.55. The Kier molecular flexibility index (Phi) is 6.08. The van der Waals surface area contributed by atoms with Gasteiger partial charge in [-0.2, -0.15) is 0 Å². The Bertz CT molecular complexity index is 1150. The van der Waals surface area contributed by atoms with Crippen LogP contribution in [0.3, 0.4) is 0 Å². The van der Waals surface area contributed by atoms with Crippen molar-refractivity contribution in [1.29, 1.82) is 0 Å². The largest absolute Gasteiger partial charge is 0.445 e. The van der Waals surface area contributed by atoms with Gasteiger partial charge in [-0.3, -0.25) is 14.6 Å². The molecule has 3 aliphatic rings. The summed E-state index contributed by atoms with van der Waals surface area (Å²) in [5.74, 6) is 0.0829. The molecule has 2 unspecified atom stereocenters. The predicted molar refractivity (Wildman–Crippen MR) is 130 cm³/mol. The van der Waals surface area contributed by atoms with Crippen LogP contribution < -0.4 is 10.6 Å². The van der Waals surface area contributed by atoms with Crippen LogP contribution in [-0.2, 0) is 0 Å². The zero-order valence-corrected chi connectivity index (χ0v) is 19.8. The second-order valence-electron chi connectivity index (χ2n) is 9.69. The maximum absolute atomic E-state index is 13.6. The molecule has 2 N–H and O–H groups in total. The lowest BCUT2D eigenvalue weighted by Crippen LogP contribution is -2.55. The molecule has 5 rings (SSSR count). The smallest absolute Gasteiger partial charge is 0.254 e. The minimum atomic E-state index is -0.205. The summed E-state index contributed by atoms with van der Waals surface area (Å²) >= 11 is 0. The molecule has 0 saturated carbocycles. The minimum Gasteiger partial charge on any atom is -0.445 e. The molecule has 0 bridgehead atoms. The first-order chi connectivity index (χ1) is 16.4. The lowest BCUT2D eigenvalue weighted by atomic mass is 9.87. The van der Waals surface area contributed by atoms with Gasteiger partial charge in [-0.05, 0) is 64.3 Å². The van der Waals surface area contributed by atoms with Crippen LogP contribution in [0, 0.1) is 0 Å². The van der Waals surface area contributed by atoms with Crippen molar-refractivity contribution in [1.82, 2.24) is 20.5 Å². The van der Waals surface area contributed by atoms with Crippen LogP contribution in [-0.4, -0.2) is 58.6 Å². The summed E-state index contributed by atoms with van der Waals surface area (Å²) < 4.78 is 5.47. The summed E-state index contributed by atoms with van der Waals surface area (Å²) in [4.78, 5) is 37.5. The summed E-state index contributed by atoms with van der Waals surface area (Å²) in [7, 11) is 0. The monoisotopic (exact) mass is 461 g/mol. The van der Waals surface area contributed by atoms with E-state index >= 15 is 0 Å². The van der Waals surface area contributed by atoms with Crippen molar-refractivity contribution in [2.45, 2.75) is 57.5 Å². The number of carbonyl (C=O) groups is 2. The summed E-state index contributed by atoms with van der Waals surface area (Å²) in [6.07, 6.45) is 9.74. The number of oxazole rings is 1. The number of likely N-dealkylation sites (tertiary alicyclic amines) is 1. The standard InChI is InChI=1S/C26H31N5O3/c1-17-5-6-21(30-17)22-4-3-12-31(22)25(33)20-15-18(14-19(16-20)24-28-11-13-34-24)23(32)27-9-7-26(2)8-10-29-26/h5,11,13-16,22,29H,3-4,6-10,12H2,1-2H3,(H,27,32). The second-order valence-corrected chi connectivity index (χ2v) is 9.69. The molecule has 34 heavy (non-hydrogen) atoms. The summed E-state index contributed by atoms with van der Waals surface area (Å²) in [6, 6.07) is 5.18. The molecule has 3 aliphatic heterocycles. The van der Waals surface area contributed by atoms with Gasteiger partial charge in [0.15, 0.2) is 0 Å². The molecular weight excluding hydrogens is 430 g/mol. The summed E-state index contributed by atoms with van der Waals surface area (Å²) in [6.45, 7) is 6.42. The highest BCUT2D eigenvalue weighted by Crippen LogP contribution is 2.28. The van der Waals surface area contributed by atoms with Crippen LogP contribution in [0.15, 0.2) is 51.8 Å². The van der Waals surface area contributed by atoms with Crippen molar-refractivity contribution < 1.29 is 14.0 Å². The predicted octanol–water partition coefficient (Wildman–Crippen LogP) is 3.57. The summed E-state index contributed by atoms with van der Waals surface area (Å²) in [5.41, 5.74) is 3.64. The van der Waals surface area contributed by atoms with Gasteiger partial charge in [0.25, 0.3) is 11.8 Å². The Hall–Kier alpha value is -3.26. The SMILES string of the molecule is CC1=CCC(C2CCCN2C(=O)c2cc(C(=O)NCCC3(C)CCN3)cc(-c3ncco3)c2)=N1. The van der Waals surface area contributed by atoms with Crippen molar-refractivity contribution >= 4 is 17.5 Å². The maximum Gasteiger partial charge on any atom is 0.254 e. The van der Waals surface area contributed by atoms with Gasteiger partial charge < -0.3 is 20.0 Å². The normalized spacial score (nSPS) is 23.9. The van der Waals surface area contributed by atoms with Crippen LogP contribution in [0.2, 0.25) is 0 Å². The number of allylic oxidation sites excluding steroid dienone is 2. The van der Waals surface area contributed by atoms with Crippen LogP contribution in [0.25, 0.3) is 11.5 Å². The van der Waals surface area contributed by atoms with Gasteiger partial charge in [-0.25, -0.2) is 4.98 Å². The molecular formula is C26H31N5O3. The van der Waals surface area contributed by atoms with E-state index in [-0.39, 0.29) is 23.4 Å². The Morgan fingerprint density at radius 3 is 2.79 bits per heavy atom. The van der Waals surface area contributed by atoms with E-state index in [1.807, 2.05) is 11.8 Å². The molecule has 2 saturated heterocycles. The van der Waals surface area contributed by atoms with Crippen molar-refractivity contribution in [2.24, 2.45) is 4.99 Å². The molecule has 1 aromatic heterocycles. The molecule has 2 amide bonds. The van der Waals surface area contributed by atoms with Gasteiger partial charge in [-0.15, -0.1) is 0 Å². The topological polar surface area (TPSA) is 99.8 Å². The average molecular weight is 462 g/mol. The molecule has 4 heterocycles. The lowest BCUT2D eigenvalue weighted by molar-refractivity contribution is 0.0769. The van der Waals surface area contributed by atoms with E-state index in [1.54, 1.807) is 24.4 Å². The molecule has 0 aliphatic carbocycles. The number of nitrogens with zero attached hydrogens (tertiary/aromatic N) is 3. The number of carbonyl (C=O) groups excluding carboxylic acids is 2. The minimum absolute atomic E-state index is 0.000379. The summed E-state index contributed by atoms with van der Waals surface area (Å²) in [5, 5.41) is 6.42. The number of aromatic nitrogens is 1. The number of nitrogens with one attached hydrogen (secondary N) is 2. The Balaban J connectivity index is 1.38. The first kappa shape index (κ1) is 22.5. The van der Waals surface area contributed by atoms with E-state index in [1.165, 1.54) is 6.26 Å². The Labute approximate surface area is 199 Å². The van der Waals surface area contributed by atoms with Gasteiger partial charge in [0, 0.05) is 53.1 Å². The van der Waals surface area contributed by atoms with Gasteiger partial charge in [0.05, 0.1) is 12.2 Å². The molecule has 1 aromatic carbocycles. The van der Waals surface area contributed by atoms with E-state index in [2.05, 4.69) is 33.6 Å². The first-order valence-corrected chi connectivity index (χ1v) is 12.1. The lowest BCUT2D eigenvalue weighted by Gasteiger charge is -2.40. The molecule has 178 valence electrons. The van der Waals surface area contributed by atoms with Crippen LogP contribution >= 0.6 is 0 Å². The highest BCUT2D eigenvalue weighted by atomic mass is 16.3. The van der Waals surface area contributed by atoms with E-state index < -0.39 is 0 Å². The number of amides is 2. The molecule has 0 radical (unpaired) electrons. The van der Waals surface area contributed by atoms with E-state index in [9.17, 15) is 9.59 Å². The van der Waals surface area contributed by atoms with Gasteiger partial charge in [-0.1, -0.05) is 6.08 Å². The molecule has 8 heteroatoms. The highest BCUT2D eigenvalue weighted by Gasteiger charge is 2.34. The molecule has 0 spiro atoms. The number of hydrogen-bond donors (Lipinski definition) is 2. The quantitative estimate of drug-likeness (QED) is 0.657. The Morgan fingerprint density at radius 1 is 1.29 bits per heavy atom. The van der Waals surface area contributed by atoms with Crippen LogP contribution in [0.5, 0.6) is 0 Å². The fraction of sp³-hybridized carbons (Fsp3) is 0.462. The fourth-order valence-corrected chi connectivity index (χ4v) is 4.99. The third-order valence-electron chi connectivity index (χ3n) is 7.14. The third-order valence-corrected chi connectivity index (χ3v) is 7.14. The zero-order chi connectivity index (χ0) is 23.7. The van der Waals surface area contributed by atoms with Crippen LogP contribution in [0.4, 0.5) is 0 Å². The van der Waals surface area contributed by atoms with Crippen molar-refractivity contribution in [3.05, 3.63) is 53.6 Å². The fourth-order valence-electron chi connectivity index (χ4n) is 4.99. The molecule has 8 nitrogen and oxygen atoms in total. The van der Waals surface area contributed by atoms with E-state index in [4.69, 9.17) is 4.42 Å². The van der Waals surface area contributed by atoms with Crippen molar-refractivity contribution in [2.75, 3.05) is 19.6 Å². The first-order valence-electron chi connectivity index (χ1n) is 12.1. The molecule has 2 atom stereocenters. The second kappa shape index (κ2) is 9.18. The molecule has 2 aromatic rings. The number of hydrogen-bond acceptors (Lipinski definition) is 6. The highest BCUT2D eigenvalue weighted by molar-refractivity contribution is 6.04. The van der Waals surface area contributed by atoms with E-state index in [0.717, 1.165) is 50.1 Å². The number of rotatable bonds is 7. The van der Waals surface area contributed by atoms with Crippen LogP contribution in [0.1, 0.15) is 66.7 Å². The van der Waals surface area contributed by atoms with Gasteiger partial charge in [0.2, 0.25) is 5.89 Å². The molecule has 2 fully saturated rings. The number of aliphatic imine (C=N–C) groups is 1. The average Bonchev–Trinajstić information content (AvgIpc) is 3.58. The Morgan fingerprint density at radius 2 is 2.12 bits per heavy atom. The van der Waals surface area contributed by atoms with Crippen molar-refractivity contribution in [3.63, 3.8) is 0 Å². The zero-order valence-electron chi connectivity index (χ0n) is 19.8. The van der Waals surface area contributed by atoms with Crippen molar-refractivity contribution in [3.8, 4) is 11.5 Å². The maximum atomic E-state index is 13.6. The van der Waals surface area contributed by atoms with Gasteiger partial charge >= 0.3 is 0 Å².